The standard InChI is InChI=1S/C19H15BrFN3O/c20-16-6-1-15(2-7-16)13-24-18(11-12-22-24)23-19(25)10-5-14-3-8-17(21)9-4-14/h1-12H,13H2,(H,23,25). The highest BCUT2D eigenvalue weighted by Crippen LogP contribution is 2.14. The molecule has 3 rings (SSSR count). The topological polar surface area (TPSA) is 46.9 Å². The van der Waals surface area contributed by atoms with E-state index in [2.05, 4.69) is 26.3 Å². The highest BCUT2D eigenvalue weighted by Gasteiger charge is 2.06. The second-order valence-electron chi connectivity index (χ2n) is 5.37. The molecule has 0 unspecified atom stereocenters. The highest BCUT2D eigenvalue weighted by molar-refractivity contribution is 9.10. The highest BCUT2D eigenvalue weighted by atomic mass is 79.9. The fourth-order valence-corrected chi connectivity index (χ4v) is 2.51. The van der Waals surface area contributed by atoms with E-state index in [1.54, 1.807) is 35.2 Å². The largest absolute Gasteiger partial charge is 0.307 e. The second kappa shape index (κ2) is 7.90. The van der Waals surface area contributed by atoms with Gasteiger partial charge in [0, 0.05) is 16.6 Å². The number of carbonyl (C=O) groups excluding carboxylic acids is 1. The molecule has 0 radical (unpaired) electrons. The lowest BCUT2D eigenvalue weighted by molar-refractivity contribution is -0.111. The summed E-state index contributed by atoms with van der Waals surface area (Å²) in [5, 5.41) is 7.03. The number of nitrogens with zero attached hydrogens (tertiary/aromatic N) is 2. The number of amides is 1. The fourth-order valence-electron chi connectivity index (χ4n) is 2.24. The van der Waals surface area contributed by atoms with Gasteiger partial charge in [0.15, 0.2) is 0 Å². The van der Waals surface area contributed by atoms with E-state index in [1.165, 1.54) is 18.2 Å². The molecule has 3 aromatic rings. The number of nitrogens with one attached hydrogen (secondary N) is 1. The molecule has 1 amide bonds. The first kappa shape index (κ1) is 17.1. The summed E-state index contributed by atoms with van der Waals surface area (Å²) in [4.78, 5) is 12.1. The van der Waals surface area contributed by atoms with E-state index in [0.717, 1.165) is 15.6 Å². The zero-order chi connectivity index (χ0) is 17.6. The van der Waals surface area contributed by atoms with E-state index in [9.17, 15) is 9.18 Å². The third kappa shape index (κ3) is 4.87. The lowest BCUT2D eigenvalue weighted by Crippen LogP contribution is -2.13. The first-order valence-electron chi connectivity index (χ1n) is 7.61. The smallest absolute Gasteiger partial charge is 0.249 e. The van der Waals surface area contributed by atoms with Crippen LogP contribution in [0.1, 0.15) is 11.1 Å². The Hall–Kier alpha value is -2.73. The Bertz CT molecular complexity index is 886. The van der Waals surface area contributed by atoms with Gasteiger partial charge in [-0.3, -0.25) is 4.79 Å². The first-order chi connectivity index (χ1) is 12.1. The molecule has 0 atom stereocenters. The molecular formula is C19H15BrFN3O. The predicted molar refractivity (Wildman–Crippen MR) is 99.5 cm³/mol. The molecule has 0 aliphatic rings. The van der Waals surface area contributed by atoms with Crippen LogP contribution in [0.25, 0.3) is 6.08 Å². The van der Waals surface area contributed by atoms with Gasteiger partial charge < -0.3 is 5.32 Å². The molecule has 25 heavy (non-hydrogen) atoms. The molecule has 1 heterocycles. The molecule has 0 fully saturated rings. The summed E-state index contributed by atoms with van der Waals surface area (Å²) < 4.78 is 15.6. The third-order valence-corrected chi connectivity index (χ3v) is 4.04. The zero-order valence-corrected chi connectivity index (χ0v) is 14.8. The van der Waals surface area contributed by atoms with Crippen LogP contribution in [-0.2, 0) is 11.3 Å². The van der Waals surface area contributed by atoms with Gasteiger partial charge in [-0.2, -0.15) is 5.10 Å². The molecule has 1 aromatic heterocycles. The Morgan fingerprint density at radius 1 is 1.12 bits per heavy atom. The molecule has 0 aliphatic carbocycles. The van der Waals surface area contributed by atoms with Crippen LogP contribution in [0.2, 0.25) is 0 Å². The van der Waals surface area contributed by atoms with Crippen LogP contribution in [0.4, 0.5) is 10.2 Å². The van der Waals surface area contributed by atoms with Crippen molar-refractivity contribution in [3.63, 3.8) is 0 Å². The monoisotopic (exact) mass is 399 g/mol. The summed E-state index contributed by atoms with van der Waals surface area (Å²) in [7, 11) is 0. The number of carbonyl (C=O) groups is 1. The van der Waals surface area contributed by atoms with Crippen LogP contribution in [0.5, 0.6) is 0 Å². The maximum absolute atomic E-state index is 12.9. The number of anilines is 1. The Labute approximate surface area is 153 Å². The van der Waals surface area contributed by atoms with Gasteiger partial charge in [0.05, 0.1) is 12.7 Å². The Kier molecular flexibility index (Phi) is 5.40. The molecule has 0 spiro atoms. The number of halogens is 2. The lowest BCUT2D eigenvalue weighted by atomic mass is 10.2. The van der Waals surface area contributed by atoms with Crippen molar-refractivity contribution in [3.05, 3.63) is 88.3 Å². The lowest BCUT2D eigenvalue weighted by Gasteiger charge is -2.08. The van der Waals surface area contributed by atoms with Crippen LogP contribution in [0.3, 0.4) is 0 Å². The third-order valence-electron chi connectivity index (χ3n) is 3.51. The van der Waals surface area contributed by atoms with Gasteiger partial charge >= 0.3 is 0 Å². The van der Waals surface area contributed by atoms with Gasteiger partial charge in [-0.1, -0.05) is 40.2 Å². The van der Waals surface area contributed by atoms with Crippen molar-refractivity contribution in [2.24, 2.45) is 0 Å². The number of rotatable bonds is 5. The van der Waals surface area contributed by atoms with E-state index < -0.39 is 0 Å². The summed E-state index contributed by atoms with van der Waals surface area (Å²) >= 11 is 3.40. The number of aromatic nitrogens is 2. The van der Waals surface area contributed by atoms with Gasteiger partial charge in [0.25, 0.3) is 0 Å². The molecule has 126 valence electrons. The van der Waals surface area contributed by atoms with Crippen LogP contribution in [0.15, 0.2) is 71.3 Å². The Morgan fingerprint density at radius 3 is 2.56 bits per heavy atom. The fraction of sp³-hybridized carbons (Fsp3) is 0.0526. The predicted octanol–water partition coefficient (Wildman–Crippen LogP) is 4.48. The Balaban J connectivity index is 1.65. The molecule has 6 heteroatoms. The quantitative estimate of drug-likeness (QED) is 0.642. The molecular weight excluding hydrogens is 385 g/mol. The van der Waals surface area contributed by atoms with Gasteiger partial charge in [-0.15, -0.1) is 0 Å². The summed E-state index contributed by atoms with van der Waals surface area (Å²) in [5.41, 5.74) is 1.82. The number of hydrogen-bond acceptors (Lipinski definition) is 2. The summed E-state index contributed by atoms with van der Waals surface area (Å²) in [6.07, 6.45) is 4.67. The van der Waals surface area contributed by atoms with Crippen molar-refractivity contribution in [2.45, 2.75) is 6.54 Å². The van der Waals surface area contributed by atoms with Crippen molar-refractivity contribution >= 4 is 33.7 Å². The second-order valence-corrected chi connectivity index (χ2v) is 6.29. The van der Waals surface area contributed by atoms with E-state index in [1.807, 2.05) is 24.3 Å². The SMILES string of the molecule is O=C(C=Cc1ccc(F)cc1)Nc1ccnn1Cc1ccc(Br)cc1. The minimum Gasteiger partial charge on any atom is -0.307 e. The number of hydrogen-bond donors (Lipinski definition) is 1. The summed E-state index contributed by atoms with van der Waals surface area (Å²) in [6.45, 7) is 0.553. The van der Waals surface area contributed by atoms with E-state index in [4.69, 9.17) is 0 Å². The summed E-state index contributed by atoms with van der Waals surface area (Å²) in [5.74, 6) is 0.0250. The molecule has 0 bridgehead atoms. The van der Waals surface area contributed by atoms with E-state index in [-0.39, 0.29) is 11.7 Å². The van der Waals surface area contributed by atoms with Crippen LogP contribution in [0, 0.1) is 5.82 Å². The molecule has 1 N–H and O–H groups in total. The van der Waals surface area contributed by atoms with Crippen LogP contribution in [-0.4, -0.2) is 15.7 Å². The van der Waals surface area contributed by atoms with Crippen molar-refractivity contribution in [1.29, 1.82) is 0 Å². The van der Waals surface area contributed by atoms with E-state index in [0.29, 0.717) is 12.4 Å². The van der Waals surface area contributed by atoms with Gasteiger partial charge in [0.2, 0.25) is 5.91 Å². The first-order valence-corrected chi connectivity index (χ1v) is 8.40. The normalized spacial score (nSPS) is 11.0. The molecule has 0 saturated carbocycles. The Morgan fingerprint density at radius 2 is 1.84 bits per heavy atom. The minimum absolute atomic E-state index is 0.276. The molecule has 0 saturated heterocycles. The van der Waals surface area contributed by atoms with Crippen LogP contribution < -0.4 is 5.32 Å². The summed E-state index contributed by atoms with van der Waals surface area (Å²) in [6, 6.07) is 15.6. The van der Waals surface area contributed by atoms with Gasteiger partial charge in [-0.25, -0.2) is 9.07 Å². The number of benzene rings is 2. The van der Waals surface area contributed by atoms with E-state index >= 15 is 0 Å². The maximum atomic E-state index is 12.9. The average molecular weight is 400 g/mol. The van der Waals surface area contributed by atoms with Crippen molar-refractivity contribution in [1.82, 2.24) is 9.78 Å². The maximum Gasteiger partial charge on any atom is 0.249 e. The average Bonchev–Trinajstić information content (AvgIpc) is 3.03. The van der Waals surface area contributed by atoms with Crippen molar-refractivity contribution < 1.29 is 9.18 Å². The zero-order valence-electron chi connectivity index (χ0n) is 13.2. The molecule has 0 aliphatic heterocycles. The minimum atomic E-state index is -0.307. The van der Waals surface area contributed by atoms with Crippen molar-refractivity contribution in [3.8, 4) is 0 Å². The molecule has 2 aromatic carbocycles. The van der Waals surface area contributed by atoms with Gasteiger partial charge in [-0.05, 0) is 41.5 Å². The molecule has 4 nitrogen and oxygen atoms in total. The van der Waals surface area contributed by atoms with Crippen LogP contribution >= 0.6 is 15.9 Å². The van der Waals surface area contributed by atoms with Gasteiger partial charge in [0.1, 0.15) is 11.6 Å². The van der Waals surface area contributed by atoms with Crippen molar-refractivity contribution in [2.75, 3.05) is 5.32 Å².